The molecule has 7 nitrogen and oxygen atoms in total. The van der Waals surface area contributed by atoms with Crippen LogP contribution in [0.4, 0.5) is 0 Å². The van der Waals surface area contributed by atoms with Gasteiger partial charge in [0.2, 0.25) is 0 Å². The van der Waals surface area contributed by atoms with Crippen LogP contribution < -0.4 is 5.32 Å². The Kier molecular flexibility index (Phi) is 6.46. The minimum atomic E-state index is -0.459. The van der Waals surface area contributed by atoms with Gasteiger partial charge in [0, 0.05) is 11.4 Å². The molecule has 1 aliphatic heterocycles. The van der Waals surface area contributed by atoms with Crippen molar-refractivity contribution >= 4 is 28.9 Å². The van der Waals surface area contributed by atoms with Crippen molar-refractivity contribution in [2.75, 3.05) is 13.2 Å². The summed E-state index contributed by atoms with van der Waals surface area (Å²) in [6, 6.07) is 0.803. The van der Waals surface area contributed by atoms with Crippen molar-refractivity contribution < 1.29 is 19.1 Å². The summed E-state index contributed by atoms with van der Waals surface area (Å²) in [6.07, 6.45) is 4.76. The van der Waals surface area contributed by atoms with Crippen molar-refractivity contribution in [3.63, 3.8) is 0 Å². The van der Waals surface area contributed by atoms with Crippen molar-refractivity contribution in [1.82, 2.24) is 10.3 Å². The van der Waals surface area contributed by atoms with E-state index in [1.54, 1.807) is 32.5 Å². The molecule has 0 spiro atoms. The molecule has 0 bridgehead atoms. The van der Waals surface area contributed by atoms with Crippen LogP contribution in [0.2, 0.25) is 0 Å². The first kappa shape index (κ1) is 19.8. The minimum Gasteiger partial charge on any atom is -0.462 e. The fourth-order valence-electron chi connectivity index (χ4n) is 3.65. The summed E-state index contributed by atoms with van der Waals surface area (Å²) in [7, 11) is 0. The highest BCUT2D eigenvalue weighted by molar-refractivity contribution is 8.13. The largest absolute Gasteiger partial charge is 0.462 e. The fourth-order valence-corrected chi connectivity index (χ4v) is 4.60. The number of aromatic amines is 1. The molecule has 1 aliphatic carbocycles. The zero-order valence-electron chi connectivity index (χ0n) is 16.1. The lowest BCUT2D eigenvalue weighted by Crippen LogP contribution is -2.36. The normalized spacial score (nSPS) is 21.2. The third-order valence-electron chi connectivity index (χ3n) is 4.96. The second-order valence-electron chi connectivity index (χ2n) is 6.75. The van der Waals surface area contributed by atoms with Crippen molar-refractivity contribution in [3.8, 4) is 0 Å². The summed E-state index contributed by atoms with van der Waals surface area (Å²) in [6.45, 7) is 5.81. The summed E-state index contributed by atoms with van der Waals surface area (Å²) < 4.78 is 10.3. The van der Waals surface area contributed by atoms with Gasteiger partial charge in [-0.15, -0.1) is 0 Å². The first-order chi connectivity index (χ1) is 13.0. The van der Waals surface area contributed by atoms with E-state index in [9.17, 15) is 9.59 Å². The van der Waals surface area contributed by atoms with Gasteiger partial charge in [-0.05, 0) is 39.2 Å². The molecule has 1 fully saturated rings. The number of esters is 2. The molecule has 0 amide bonds. The number of carbonyl (C=O) groups excluding carboxylic acids is 2. The Hall–Kier alpha value is -1.96. The molecule has 27 heavy (non-hydrogen) atoms. The van der Waals surface area contributed by atoms with Gasteiger partial charge in [-0.25, -0.2) is 9.59 Å². The van der Waals surface area contributed by atoms with Crippen molar-refractivity contribution in [3.05, 3.63) is 22.5 Å². The number of ether oxygens (including phenoxy) is 2. The summed E-state index contributed by atoms with van der Waals surface area (Å²) in [4.78, 5) is 32.5. The first-order valence-electron chi connectivity index (χ1n) is 9.57. The summed E-state index contributed by atoms with van der Waals surface area (Å²) in [5.74, 6) is -0.383. The van der Waals surface area contributed by atoms with Gasteiger partial charge in [-0.2, -0.15) is 0 Å². The van der Waals surface area contributed by atoms with E-state index in [2.05, 4.69) is 10.3 Å². The molecule has 1 aromatic heterocycles. The average Bonchev–Trinajstić information content (AvgIpc) is 3.20. The third kappa shape index (κ3) is 4.31. The van der Waals surface area contributed by atoms with E-state index < -0.39 is 11.9 Å². The maximum atomic E-state index is 12.4. The molecule has 1 aromatic rings. The second kappa shape index (κ2) is 8.82. The minimum absolute atomic E-state index is 0.277. The highest BCUT2D eigenvalue weighted by atomic mass is 32.2. The van der Waals surface area contributed by atoms with Gasteiger partial charge < -0.3 is 19.8 Å². The molecule has 148 valence electrons. The number of aromatic nitrogens is 1. The number of thioether (sulfide) groups is 1. The number of carbonyl (C=O) groups is 2. The number of hydrogen-bond donors (Lipinski definition) is 2. The van der Waals surface area contributed by atoms with Crippen LogP contribution in [0, 0.1) is 6.92 Å². The van der Waals surface area contributed by atoms with E-state index in [0.717, 1.165) is 18.0 Å². The lowest BCUT2D eigenvalue weighted by atomic mass is 9.92. The fraction of sp³-hybridized carbons (Fsp3) is 0.632. The SMILES string of the molecule is CCOC(=O)c1[nH]c(CSC2=NC3CCCCC3N2)c(C(=O)OCC)c1C. The summed E-state index contributed by atoms with van der Waals surface area (Å²) in [5, 5.41) is 4.40. The van der Waals surface area contributed by atoms with E-state index >= 15 is 0 Å². The van der Waals surface area contributed by atoms with Crippen molar-refractivity contribution in [1.29, 1.82) is 0 Å². The Labute approximate surface area is 163 Å². The molecule has 1 saturated carbocycles. The van der Waals surface area contributed by atoms with Crippen LogP contribution in [-0.2, 0) is 15.2 Å². The lowest BCUT2D eigenvalue weighted by Gasteiger charge is -2.23. The monoisotopic (exact) mass is 393 g/mol. The van der Waals surface area contributed by atoms with E-state index in [-0.39, 0.29) is 13.2 Å². The van der Waals surface area contributed by atoms with Gasteiger partial charge in [0.05, 0.1) is 30.9 Å². The molecular formula is C19H27N3O4S. The Bertz CT molecular complexity index is 744. The number of H-pyrrole nitrogens is 1. The zero-order valence-corrected chi connectivity index (χ0v) is 16.9. The maximum absolute atomic E-state index is 12.4. The zero-order chi connectivity index (χ0) is 19.4. The standard InChI is InChI=1S/C19H27N3O4S/c1-4-25-17(23)15-11(3)16(18(24)26-5-2)20-14(15)10-27-19-21-12-8-6-7-9-13(12)22-19/h12-13,20H,4-10H2,1-3H3,(H,21,22). The highest BCUT2D eigenvalue weighted by Gasteiger charge is 2.31. The molecule has 2 aliphatic rings. The van der Waals surface area contributed by atoms with Crippen LogP contribution in [-0.4, -0.2) is 47.4 Å². The Morgan fingerprint density at radius 1 is 1.15 bits per heavy atom. The molecule has 3 rings (SSSR count). The van der Waals surface area contributed by atoms with Gasteiger partial charge >= 0.3 is 11.9 Å². The van der Waals surface area contributed by atoms with Crippen molar-refractivity contribution in [2.24, 2.45) is 4.99 Å². The number of fused-ring (bicyclic) bond motifs is 1. The molecule has 2 N–H and O–H groups in total. The average molecular weight is 394 g/mol. The lowest BCUT2D eigenvalue weighted by molar-refractivity contribution is 0.0518. The molecule has 0 aromatic carbocycles. The molecule has 0 radical (unpaired) electrons. The predicted octanol–water partition coefficient (Wildman–Crippen LogP) is 3.18. The molecule has 2 unspecified atom stereocenters. The number of amidine groups is 1. The number of nitrogens with zero attached hydrogens (tertiary/aromatic N) is 1. The molecular weight excluding hydrogens is 366 g/mol. The Morgan fingerprint density at radius 3 is 2.56 bits per heavy atom. The third-order valence-corrected chi connectivity index (χ3v) is 5.89. The van der Waals surface area contributed by atoms with Gasteiger partial charge in [0.1, 0.15) is 5.69 Å². The van der Waals surface area contributed by atoms with E-state index in [0.29, 0.717) is 40.4 Å². The van der Waals surface area contributed by atoms with E-state index in [4.69, 9.17) is 14.5 Å². The van der Waals surface area contributed by atoms with Gasteiger partial charge in [-0.1, -0.05) is 24.6 Å². The smallest absolute Gasteiger partial charge is 0.355 e. The first-order valence-corrected chi connectivity index (χ1v) is 10.6. The quantitative estimate of drug-likeness (QED) is 0.721. The summed E-state index contributed by atoms with van der Waals surface area (Å²) in [5.41, 5.74) is 1.96. The van der Waals surface area contributed by atoms with Crippen LogP contribution in [0.15, 0.2) is 4.99 Å². The second-order valence-corrected chi connectivity index (χ2v) is 7.71. The van der Waals surface area contributed by atoms with Crippen LogP contribution in [0.1, 0.15) is 71.6 Å². The molecule has 0 saturated heterocycles. The van der Waals surface area contributed by atoms with Gasteiger partial charge in [0.15, 0.2) is 5.17 Å². The summed E-state index contributed by atoms with van der Waals surface area (Å²) >= 11 is 1.55. The molecule has 2 atom stereocenters. The molecule has 2 heterocycles. The number of nitrogens with one attached hydrogen (secondary N) is 2. The number of rotatable bonds is 6. The van der Waals surface area contributed by atoms with Gasteiger partial charge in [0.25, 0.3) is 0 Å². The maximum Gasteiger partial charge on any atom is 0.355 e. The van der Waals surface area contributed by atoms with Crippen LogP contribution >= 0.6 is 11.8 Å². The van der Waals surface area contributed by atoms with E-state index in [1.165, 1.54) is 12.8 Å². The van der Waals surface area contributed by atoms with Crippen LogP contribution in [0.5, 0.6) is 0 Å². The molecule has 8 heteroatoms. The van der Waals surface area contributed by atoms with Crippen molar-refractivity contribution in [2.45, 2.75) is 64.3 Å². The van der Waals surface area contributed by atoms with Crippen LogP contribution in [0.3, 0.4) is 0 Å². The number of hydrogen-bond acceptors (Lipinski definition) is 7. The van der Waals surface area contributed by atoms with Crippen LogP contribution in [0.25, 0.3) is 0 Å². The Balaban J connectivity index is 1.77. The number of aliphatic imine (C=N–C) groups is 1. The van der Waals surface area contributed by atoms with E-state index in [1.807, 2.05) is 0 Å². The van der Waals surface area contributed by atoms with Gasteiger partial charge in [-0.3, -0.25) is 4.99 Å². The topological polar surface area (TPSA) is 92.8 Å². The highest BCUT2D eigenvalue weighted by Crippen LogP contribution is 2.29. The predicted molar refractivity (Wildman–Crippen MR) is 105 cm³/mol. The Morgan fingerprint density at radius 2 is 1.85 bits per heavy atom.